The highest BCUT2D eigenvalue weighted by Gasteiger charge is 2.29. The summed E-state index contributed by atoms with van der Waals surface area (Å²) >= 11 is 0. The van der Waals surface area contributed by atoms with Crippen molar-refractivity contribution >= 4 is 40.3 Å². The number of rotatable bonds is 6. The number of carbonyl (C=O) groups excluding carboxylic acids is 1. The van der Waals surface area contributed by atoms with Gasteiger partial charge in [-0.3, -0.25) is 20.1 Å². The molecule has 2 aliphatic rings. The summed E-state index contributed by atoms with van der Waals surface area (Å²) in [5, 5.41) is 7.11. The fraction of sp³-hybridized carbons (Fsp3) is 0.423. The maximum absolute atomic E-state index is 15.4. The molecule has 1 aliphatic carbocycles. The maximum Gasteiger partial charge on any atom is 0.263 e. The number of fused-ring (bicyclic) bond motifs is 1. The molecule has 1 aromatic carbocycles. The van der Waals surface area contributed by atoms with Gasteiger partial charge in [0.1, 0.15) is 11.4 Å². The van der Waals surface area contributed by atoms with Gasteiger partial charge in [-0.1, -0.05) is 0 Å². The predicted octanol–water partition coefficient (Wildman–Crippen LogP) is 4.19. The molecule has 9 heteroatoms. The number of aryl methyl sites for hydroxylation is 2. The Morgan fingerprint density at radius 2 is 1.91 bits per heavy atom. The van der Waals surface area contributed by atoms with Crippen molar-refractivity contribution in [2.45, 2.75) is 51.6 Å². The number of pyridine rings is 1. The average molecular weight is 479 g/mol. The smallest absolute Gasteiger partial charge is 0.263 e. The third-order valence-corrected chi connectivity index (χ3v) is 6.78. The molecule has 0 atom stereocenters. The molecule has 8 nitrogen and oxygen atoms in total. The second kappa shape index (κ2) is 9.30. The van der Waals surface area contributed by atoms with Crippen molar-refractivity contribution in [3.63, 3.8) is 0 Å². The van der Waals surface area contributed by atoms with Crippen molar-refractivity contribution in [1.82, 2.24) is 10.3 Å². The van der Waals surface area contributed by atoms with Crippen LogP contribution in [0.4, 0.5) is 21.6 Å². The lowest BCUT2D eigenvalue weighted by Gasteiger charge is -2.35. The van der Waals surface area contributed by atoms with Gasteiger partial charge in [0.25, 0.3) is 5.91 Å². The molecule has 1 saturated heterocycles. The summed E-state index contributed by atoms with van der Waals surface area (Å²) in [6.07, 6.45) is 6.06. The molecule has 2 aromatic heterocycles. The summed E-state index contributed by atoms with van der Waals surface area (Å²) in [7, 11) is 1.63. The van der Waals surface area contributed by atoms with E-state index in [1.807, 2.05) is 13.8 Å². The van der Waals surface area contributed by atoms with Crippen LogP contribution in [0.15, 0.2) is 27.6 Å². The van der Waals surface area contributed by atoms with Gasteiger partial charge in [-0.25, -0.2) is 4.39 Å². The van der Waals surface area contributed by atoms with E-state index in [-0.39, 0.29) is 17.1 Å². The highest BCUT2D eigenvalue weighted by atomic mass is 19.1. The summed E-state index contributed by atoms with van der Waals surface area (Å²) in [6.45, 7) is 5.30. The Morgan fingerprint density at radius 1 is 1.20 bits per heavy atom. The summed E-state index contributed by atoms with van der Waals surface area (Å²) in [4.78, 5) is 23.8. The number of halogens is 1. The molecule has 4 N–H and O–H groups in total. The van der Waals surface area contributed by atoms with Crippen LogP contribution in [0.2, 0.25) is 0 Å². The first kappa shape index (κ1) is 23.3. The molecule has 1 saturated carbocycles. The standard InChI is InChI=1S/C26H31FN6O2/c1-14-10-22-18(15(2)30-14)11-23(35-22)32-26(34)24-20(27)12-21(19(13-29-3)25(24)28)33-8-6-17(7-9-33)31-16-4-5-16/h10-13,16-17,31H,4-9,28H2,1-3H3,(H,32,34). The number of carbonyl (C=O) groups is 1. The number of aromatic nitrogens is 1. The number of amides is 1. The van der Waals surface area contributed by atoms with Gasteiger partial charge in [-0.15, -0.1) is 0 Å². The van der Waals surface area contributed by atoms with Crippen LogP contribution in [-0.4, -0.2) is 49.3 Å². The van der Waals surface area contributed by atoms with Gasteiger partial charge in [-0.2, -0.15) is 0 Å². The Bertz CT molecular complexity index is 1310. The van der Waals surface area contributed by atoms with E-state index in [0.29, 0.717) is 28.9 Å². The fourth-order valence-corrected chi connectivity index (χ4v) is 4.88. The zero-order chi connectivity index (χ0) is 24.7. The largest absolute Gasteiger partial charge is 0.440 e. The van der Waals surface area contributed by atoms with Crippen molar-refractivity contribution < 1.29 is 13.6 Å². The molecule has 0 unspecified atom stereocenters. The molecular weight excluding hydrogens is 447 g/mol. The highest BCUT2D eigenvalue weighted by molar-refractivity contribution is 6.12. The van der Waals surface area contributed by atoms with E-state index in [2.05, 4.69) is 25.5 Å². The molecule has 1 amide bonds. The molecule has 3 heterocycles. The van der Waals surface area contributed by atoms with Crippen LogP contribution in [0.5, 0.6) is 0 Å². The lowest BCUT2D eigenvalue weighted by atomic mass is 9.99. The molecule has 1 aliphatic heterocycles. The van der Waals surface area contributed by atoms with Crippen LogP contribution in [0.3, 0.4) is 0 Å². The first-order valence-corrected chi connectivity index (χ1v) is 12.1. The zero-order valence-electron chi connectivity index (χ0n) is 20.3. The Balaban J connectivity index is 1.41. The number of piperidine rings is 1. The lowest BCUT2D eigenvalue weighted by molar-refractivity contribution is 0.102. The Morgan fingerprint density at radius 3 is 2.60 bits per heavy atom. The number of nitrogens with one attached hydrogen (secondary N) is 2. The van der Waals surface area contributed by atoms with Crippen molar-refractivity contribution in [3.8, 4) is 0 Å². The Kier molecular flexibility index (Phi) is 6.19. The monoisotopic (exact) mass is 478 g/mol. The number of nitrogens with zero attached hydrogens (tertiary/aromatic N) is 3. The lowest BCUT2D eigenvalue weighted by Crippen LogP contribution is -2.43. The Labute approximate surface area is 203 Å². The second-order valence-electron chi connectivity index (χ2n) is 9.50. The number of hydrogen-bond donors (Lipinski definition) is 3. The minimum atomic E-state index is -0.675. The molecule has 0 bridgehead atoms. The predicted molar refractivity (Wildman–Crippen MR) is 137 cm³/mol. The van der Waals surface area contributed by atoms with Gasteiger partial charge in [0.15, 0.2) is 0 Å². The zero-order valence-corrected chi connectivity index (χ0v) is 20.3. The molecule has 184 valence electrons. The summed E-state index contributed by atoms with van der Waals surface area (Å²) < 4.78 is 21.1. The third-order valence-electron chi connectivity index (χ3n) is 6.78. The average Bonchev–Trinajstić information content (AvgIpc) is 3.53. The molecular formula is C26H31FN6O2. The van der Waals surface area contributed by atoms with Crippen molar-refractivity contribution in [2.75, 3.05) is 36.1 Å². The summed E-state index contributed by atoms with van der Waals surface area (Å²) in [6, 6.07) is 6.02. The maximum atomic E-state index is 15.4. The van der Waals surface area contributed by atoms with Crippen molar-refractivity contribution in [3.05, 3.63) is 46.5 Å². The van der Waals surface area contributed by atoms with Gasteiger partial charge in [-0.05, 0) is 45.6 Å². The van der Waals surface area contributed by atoms with Gasteiger partial charge < -0.3 is 20.4 Å². The van der Waals surface area contributed by atoms with Gasteiger partial charge >= 0.3 is 0 Å². The fourth-order valence-electron chi connectivity index (χ4n) is 4.88. The first-order valence-electron chi connectivity index (χ1n) is 12.1. The van der Waals surface area contributed by atoms with Crippen molar-refractivity contribution in [2.24, 2.45) is 4.99 Å². The van der Waals surface area contributed by atoms with Gasteiger partial charge in [0.2, 0.25) is 5.88 Å². The van der Waals surface area contributed by atoms with E-state index in [1.165, 1.54) is 18.9 Å². The number of hydrogen-bond acceptors (Lipinski definition) is 7. The van der Waals surface area contributed by atoms with E-state index in [0.717, 1.165) is 42.7 Å². The first-order chi connectivity index (χ1) is 16.8. The Hall–Kier alpha value is -3.46. The summed E-state index contributed by atoms with van der Waals surface area (Å²) in [5.41, 5.74) is 9.63. The van der Waals surface area contributed by atoms with Crippen LogP contribution < -0.4 is 21.3 Å². The number of nitrogens with two attached hydrogens (primary N) is 1. The number of aliphatic imine (C=N–C) groups is 1. The number of benzene rings is 1. The van der Waals surface area contributed by atoms with E-state index >= 15 is 4.39 Å². The minimum absolute atomic E-state index is 0.0612. The SMILES string of the molecule is CN=Cc1c(N2CCC(NC3CC3)CC2)cc(F)c(C(=O)Nc2cc3c(C)nc(C)cc3o2)c1N. The summed E-state index contributed by atoms with van der Waals surface area (Å²) in [5.74, 6) is -1.14. The number of nitrogen functional groups attached to an aromatic ring is 1. The normalized spacial score (nSPS) is 17.0. The molecule has 2 fully saturated rings. The molecule has 5 rings (SSSR count). The molecule has 3 aromatic rings. The molecule has 35 heavy (non-hydrogen) atoms. The number of anilines is 3. The molecule has 0 spiro atoms. The van der Waals surface area contributed by atoms with E-state index in [4.69, 9.17) is 10.2 Å². The van der Waals surface area contributed by atoms with Crippen LogP contribution in [0, 0.1) is 19.7 Å². The van der Waals surface area contributed by atoms with Crippen LogP contribution in [-0.2, 0) is 0 Å². The number of furan rings is 1. The van der Waals surface area contributed by atoms with Crippen LogP contribution in [0.1, 0.15) is 53.0 Å². The highest BCUT2D eigenvalue weighted by Crippen LogP contribution is 2.34. The minimum Gasteiger partial charge on any atom is -0.440 e. The third kappa shape index (κ3) is 4.73. The van der Waals surface area contributed by atoms with Crippen LogP contribution in [0.25, 0.3) is 11.0 Å². The van der Waals surface area contributed by atoms with Gasteiger partial charge in [0, 0.05) is 72.9 Å². The molecule has 0 radical (unpaired) electrons. The van der Waals surface area contributed by atoms with E-state index in [9.17, 15) is 4.79 Å². The van der Waals surface area contributed by atoms with Crippen molar-refractivity contribution in [1.29, 1.82) is 0 Å². The topological polar surface area (TPSA) is 109 Å². The quantitative estimate of drug-likeness (QED) is 0.362. The van der Waals surface area contributed by atoms with Crippen LogP contribution >= 0.6 is 0 Å². The second-order valence-corrected chi connectivity index (χ2v) is 9.50. The van der Waals surface area contributed by atoms with E-state index in [1.54, 1.807) is 25.4 Å². The van der Waals surface area contributed by atoms with Gasteiger partial charge in [0.05, 0.1) is 16.9 Å². The van der Waals surface area contributed by atoms with E-state index < -0.39 is 11.7 Å².